The Balaban J connectivity index is 4.27. The summed E-state index contributed by atoms with van der Waals surface area (Å²) >= 11 is 0. The van der Waals surface area contributed by atoms with Crippen molar-refractivity contribution in [2.75, 3.05) is 0 Å². The van der Waals surface area contributed by atoms with Gasteiger partial charge in [-0.05, 0) is 0 Å². The van der Waals surface area contributed by atoms with E-state index in [2.05, 4.69) is 0 Å². The zero-order valence-electron chi connectivity index (χ0n) is 5.66. The Bertz CT molecular complexity index is 172. The first-order chi connectivity index (χ1) is 4.56. The van der Waals surface area contributed by atoms with Gasteiger partial charge in [-0.3, -0.25) is 0 Å². The van der Waals surface area contributed by atoms with Gasteiger partial charge in [0.2, 0.25) is 5.60 Å². The summed E-state index contributed by atoms with van der Waals surface area (Å²) in [7, 11) is 0. The molecule has 1 unspecified atom stereocenters. The Labute approximate surface area is 58.7 Å². The third-order valence-corrected chi connectivity index (χ3v) is 1.15. The van der Waals surface area contributed by atoms with Crippen LogP contribution < -0.4 is 0 Å². The van der Waals surface area contributed by atoms with Crippen molar-refractivity contribution in [1.82, 2.24) is 0 Å². The van der Waals surface area contributed by atoms with Crippen molar-refractivity contribution in [2.45, 2.75) is 25.4 Å². The summed E-state index contributed by atoms with van der Waals surface area (Å²) in [6.45, 7) is 1.70. The van der Waals surface area contributed by atoms with Crippen LogP contribution in [0.15, 0.2) is 0 Å². The van der Waals surface area contributed by atoms with E-state index in [1.165, 1.54) is 6.07 Å². The number of carboxylic acid groups (broad SMARTS) is 1. The van der Waals surface area contributed by atoms with E-state index >= 15 is 0 Å². The van der Waals surface area contributed by atoms with Crippen molar-refractivity contribution >= 4 is 5.97 Å². The zero-order chi connectivity index (χ0) is 8.20. The number of carbonyl (C=O) groups is 1. The highest BCUT2D eigenvalue weighted by molar-refractivity contribution is 5.80. The number of hydrogen-bond acceptors (Lipinski definition) is 3. The lowest BCUT2D eigenvalue weighted by Gasteiger charge is -2.11. The minimum absolute atomic E-state index is 0.0289. The zero-order valence-corrected chi connectivity index (χ0v) is 5.66. The topological polar surface area (TPSA) is 81.3 Å². The molecule has 0 aromatic heterocycles. The normalized spacial score (nSPS) is 15.3. The lowest BCUT2D eigenvalue weighted by Crippen LogP contribution is -2.36. The van der Waals surface area contributed by atoms with Gasteiger partial charge in [0.05, 0.1) is 0 Å². The van der Waals surface area contributed by atoms with Crippen molar-refractivity contribution in [3.8, 4) is 6.07 Å². The molecule has 1 atom stereocenters. The molecule has 4 nitrogen and oxygen atoms in total. The molecule has 0 aromatic rings. The first-order valence-electron chi connectivity index (χ1n) is 2.94. The average molecular weight is 143 g/mol. The predicted octanol–water partition coefficient (Wildman–Crippen LogP) is 0.126. The summed E-state index contributed by atoms with van der Waals surface area (Å²) in [6, 6.07) is 1.33. The molecule has 0 fully saturated rings. The molecule has 0 aliphatic heterocycles. The Morgan fingerprint density at radius 3 is 2.40 bits per heavy atom. The van der Waals surface area contributed by atoms with Gasteiger partial charge in [-0.2, -0.15) is 5.26 Å². The van der Waals surface area contributed by atoms with Gasteiger partial charge in [-0.25, -0.2) is 4.79 Å². The second kappa shape index (κ2) is 3.18. The van der Waals surface area contributed by atoms with E-state index in [0.29, 0.717) is 6.42 Å². The first kappa shape index (κ1) is 8.92. The second-order valence-electron chi connectivity index (χ2n) is 2.03. The number of carboxylic acids is 1. The summed E-state index contributed by atoms with van der Waals surface area (Å²) in [4.78, 5) is 10.2. The van der Waals surface area contributed by atoms with Gasteiger partial charge < -0.3 is 10.2 Å². The largest absolute Gasteiger partial charge is 0.478 e. The number of aliphatic carboxylic acids is 1. The molecule has 0 aliphatic rings. The molecule has 0 heterocycles. The summed E-state index contributed by atoms with van der Waals surface area (Å²) in [5.74, 6) is -1.48. The van der Waals surface area contributed by atoms with Crippen LogP contribution in [0.2, 0.25) is 0 Å². The van der Waals surface area contributed by atoms with Crippen LogP contribution in [0, 0.1) is 11.3 Å². The molecule has 0 saturated carbocycles. The first-order valence-corrected chi connectivity index (χ1v) is 2.94. The number of rotatable bonds is 3. The highest BCUT2D eigenvalue weighted by atomic mass is 16.4. The molecular formula is C6H9NO3. The van der Waals surface area contributed by atoms with Gasteiger partial charge >= 0.3 is 5.97 Å². The molecule has 0 saturated heterocycles. The van der Waals surface area contributed by atoms with Crippen LogP contribution in [0.25, 0.3) is 0 Å². The van der Waals surface area contributed by atoms with E-state index in [0.717, 1.165) is 0 Å². The van der Waals surface area contributed by atoms with Crippen LogP contribution >= 0.6 is 0 Å². The molecule has 10 heavy (non-hydrogen) atoms. The van der Waals surface area contributed by atoms with Crippen molar-refractivity contribution in [3.63, 3.8) is 0 Å². The Hall–Kier alpha value is -1.08. The monoisotopic (exact) mass is 143 g/mol. The van der Waals surface area contributed by atoms with Gasteiger partial charge in [0.25, 0.3) is 0 Å². The number of nitrogens with zero attached hydrogens (tertiary/aromatic N) is 1. The fourth-order valence-corrected chi connectivity index (χ4v) is 0.572. The molecule has 0 amide bonds. The Morgan fingerprint density at radius 2 is 2.30 bits per heavy atom. The van der Waals surface area contributed by atoms with Crippen LogP contribution in [-0.2, 0) is 4.79 Å². The lowest BCUT2D eigenvalue weighted by molar-refractivity contribution is -0.153. The van der Waals surface area contributed by atoms with Gasteiger partial charge in [-0.1, -0.05) is 13.3 Å². The third kappa shape index (κ3) is 1.71. The van der Waals surface area contributed by atoms with Crippen LogP contribution in [-0.4, -0.2) is 21.8 Å². The van der Waals surface area contributed by atoms with Gasteiger partial charge in [-0.15, -0.1) is 0 Å². The maximum Gasteiger partial charge on any atom is 0.350 e. The van der Waals surface area contributed by atoms with E-state index in [1.54, 1.807) is 6.92 Å². The molecule has 0 rings (SSSR count). The fourth-order valence-electron chi connectivity index (χ4n) is 0.572. The molecular weight excluding hydrogens is 134 g/mol. The Kier molecular flexibility index (Phi) is 2.84. The van der Waals surface area contributed by atoms with Crippen LogP contribution in [0.5, 0.6) is 0 Å². The molecule has 0 aliphatic carbocycles. The third-order valence-electron chi connectivity index (χ3n) is 1.15. The average Bonchev–Trinajstić information content (AvgIpc) is 1.88. The van der Waals surface area contributed by atoms with E-state index < -0.39 is 11.6 Å². The van der Waals surface area contributed by atoms with E-state index in [1.807, 2.05) is 0 Å². The Morgan fingerprint density at radius 1 is 1.80 bits per heavy atom. The van der Waals surface area contributed by atoms with Crippen LogP contribution in [0.4, 0.5) is 0 Å². The number of nitriles is 1. The van der Waals surface area contributed by atoms with Crippen LogP contribution in [0.3, 0.4) is 0 Å². The van der Waals surface area contributed by atoms with Crippen molar-refractivity contribution in [3.05, 3.63) is 0 Å². The standard InChI is InChI=1S/C6H9NO3/c1-2-3-6(10,4-7)5(8)9/h10H,2-3H2,1H3,(H,8,9). The van der Waals surface area contributed by atoms with Gasteiger partial charge in [0, 0.05) is 6.42 Å². The smallest absolute Gasteiger partial charge is 0.350 e. The fraction of sp³-hybridized carbons (Fsp3) is 0.667. The lowest BCUT2D eigenvalue weighted by atomic mass is 10.0. The molecule has 0 bridgehead atoms. The minimum Gasteiger partial charge on any atom is -0.478 e. The molecule has 2 N–H and O–H groups in total. The van der Waals surface area contributed by atoms with E-state index in [4.69, 9.17) is 15.5 Å². The molecule has 0 spiro atoms. The minimum atomic E-state index is -2.19. The highest BCUT2D eigenvalue weighted by Crippen LogP contribution is 2.10. The molecule has 0 aromatic carbocycles. The number of aliphatic hydroxyl groups is 1. The highest BCUT2D eigenvalue weighted by Gasteiger charge is 2.34. The van der Waals surface area contributed by atoms with E-state index in [9.17, 15) is 4.79 Å². The number of hydrogen-bond donors (Lipinski definition) is 2. The summed E-state index contributed by atoms with van der Waals surface area (Å²) in [5, 5.41) is 25.4. The second-order valence-corrected chi connectivity index (χ2v) is 2.03. The quantitative estimate of drug-likeness (QED) is 0.550. The molecule has 56 valence electrons. The van der Waals surface area contributed by atoms with Gasteiger partial charge in [0.15, 0.2) is 0 Å². The van der Waals surface area contributed by atoms with Crippen molar-refractivity contribution in [2.24, 2.45) is 0 Å². The maximum absolute atomic E-state index is 10.2. The van der Waals surface area contributed by atoms with Gasteiger partial charge in [0.1, 0.15) is 6.07 Å². The van der Waals surface area contributed by atoms with Crippen molar-refractivity contribution < 1.29 is 15.0 Å². The summed E-state index contributed by atoms with van der Waals surface area (Å²) in [6.07, 6.45) is 0.440. The SMILES string of the molecule is CCCC(O)(C#N)C(=O)O. The van der Waals surface area contributed by atoms with Crippen LogP contribution in [0.1, 0.15) is 19.8 Å². The predicted molar refractivity (Wildman–Crippen MR) is 33.1 cm³/mol. The molecule has 4 heteroatoms. The molecule has 0 radical (unpaired) electrons. The van der Waals surface area contributed by atoms with E-state index in [-0.39, 0.29) is 6.42 Å². The maximum atomic E-state index is 10.2. The summed E-state index contributed by atoms with van der Waals surface area (Å²) < 4.78 is 0. The van der Waals surface area contributed by atoms with Crippen molar-refractivity contribution in [1.29, 1.82) is 5.26 Å². The summed E-state index contributed by atoms with van der Waals surface area (Å²) in [5.41, 5.74) is -2.19.